The van der Waals surface area contributed by atoms with Crippen molar-refractivity contribution in [3.63, 3.8) is 0 Å². The molecule has 2 aromatic heterocycles. The summed E-state index contributed by atoms with van der Waals surface area (Å²) < 4.78 is 0. The largest absolute Gasteiger partial charge is 0.338 e. The van der Waals surface area contributed by atoms with Crippen molar-refractivity contribution in [2.24, 2.45) is 0 Å². The van der Waals surface area contributed by atoms with Crippen LogP contribution in [0.3, 0.4) is 0 Å². The van der Waals surface area contributed by atoms with Crippen LogP contribution in [0.5, 0.6) is 0 Å². The maximum atomic E-state index is 4.62. The van der Waals surface area contributed by atoms with E-state index in [2.05, 4.69) is 38.2 Å². The highest BCUT2D eigenvalue weighted by Gasteiger charge is 2.15. The summed E-state index contributed by atoms with van der Waals surface area (Å²) in [6.07, 6.45) is 1.16. The lowest BCUT2D eigenvalue weighted by atomic mass is 10.2. The van der Waals surface area contributed by atoms with Crippen LogP contribution in [0.1, 0.15) is 6.42 Å². The molecule has 0 aliphatic carbocycles. The third kappa shape index (κ3) is 3.38. The fraction of sp³-hybridized carbons (Fsp3) is 0.471. The average Bonchev–Trinajstić information content (AvgIpc) is 2.98. The SMILES string of the molecule is C[NH+]1CCN(CCCSc2nnc3c(n2)[nH]c2ccccc23)CC1. The first kappa shape index (κ1) is 15.8. The van der Waals surface area contributed by atoms with Gasteiger partial charge in [0.25, 0.3) is 0 Å². The first-order chi connectivity index (χ1) is 11.8. The van der Waals surface area contributed by atoms with E-state index in [1.165, 1.54) is 32.7 Å². The summed E-state index contributed by atoms with van der Waals surface area (Å²) in [5, 5.41) is 10.5. The van der Waals surface area contributed by atoms with Crippen molar-refractivity contribution in [2.45, 2.75) is 11.6 Å². The Morgan fingerprint density at radius 3 is 2.92 bits per heavy atom. The number of piperazine rings is 1. The maximum Gasteiger partial charge on any atom is 0.211 e. The third-order valence-electron chi connectivity index (χ3n) is 4.66. The van der Waals surface area contributed by atoms with Crippen LogP contribution in [0, 0.1) is 0 Å². The van der Waals surface area contributed by atoms with Gasteiger partial charge in [-0.1, -0.05) is 30.0 Å². The van der Waals surface area contributed by atoms with Crippen LogP contribution in [0.4, 0.5) is 0 Å². The molecule has 126 valence electrons. The van der Waals surface area contributed by atoms with Gasteiger partial charge in [-0.05, 0) is 19.0 Å². The van der Waals surface area contributed by atoms with Crippen molar-refractivity contribution in [1.82, 2.24) is 25.1 Å². The van der Waals surface area contributed by atoms with E-state index in [1.807, 2.05) is 18.2 Å². The number of hydrogen-bond acceptors (Lipinski definition) is 5. The van der Waals surface area contributed by atoms with Crippen LogP contribution in [0.25, 0.3) is 22.1 Å². The zero-order valence-electron chi connectivity index (χ0n) is 14.0. The van der Waals surface area contributed by atoms with Gasteiger partial charge >= 0.3 is 0 Å². The Labute approximate surface area is 145 Å². The number of likely N-dealkylation sites (N-methyl/N-ethyl adjacent to an activating group) is 1. The minimum absolute atomic E-state index is 0.761. The molecule has 1 fully saturated rings. The molecule has 0 radical (unpaired) electrons. The van der Waals surface area contributed by atoms with E-state index in [0.29, 0.717) is 0 Å². The van der Waals surface area contributed by atoms with Crippen LogP contribution in [0.2, 0.25) is 0 Å². The highest BCUT2D eigenvalue weighted by atomic mass is 32.2. The van der Waals surface area contributed by atoms with Gasteiger partial charge in [-0.25, -0.2) is 4.98 Å². The summed E-state index contributed by atoms with van der Waals surface area (Å²) >= 11 is 1.70. The van der Waals surface area contributed by atoms with E-state index in [-0.39, 0.29) is 0 Å². The predicted molar refractivity (Wildman–Crippen MR) is 97.6 cm³/mol. The highest BCUT2D eigenvalue weighted by molar-refractivity contribution is 7.99. The monoisotopic (exact) mass is 343 g/mol. The summed E-state index contributed by atoms with van der Waals surface area (Å²) in [4.78, 5) is 12.2. The highest BCUT2D eigenvalue weighted by Crippen LogP contribution is 2.23. The second-order valence-corrected chi connectivity index (χ2v) is 7.53. The lowest BCUT2D eigenvalue weighted by Crippen LogP contribution is -3.11. The molecule has 2 N–H and O–H groups in total. The fourth-order valence-corrected chi connectivity index (χ4v) is 3.89. The van der Waals surface area contributed by atoms with Crippen molar-refractivity contribution in [2.75, 3.05) is 45.5 Å². The molecular formula is C17H23N6S+. The zero-order valence-corrected chi connectivity index (χ0v) is 14.8. The van der Waals surface area contributed by atoms with Crippen LogP contribution in [-0.2, 0) is 0 Å². The molecule has 0 unspecified atom stereocenters. The molecule has 0 bridgehead atoms. The number of rotatable bonds is 5. The van der Waals surface area contributed by atoms with E-state index in [4.69, 9.17) is 0 Å². The Balaban J connectivity index is 1.34. The van der Waals surface area contributed by atoms with Crippen molar-refractivity contribution in [1.29, 1.82) is 0 Å². The van der Waals surface area contributed by atoms with Gasteiger partial charge in [-0.2, -0.15) is 0 Å². The summed E-state index contributed by atoms with van der Waals surface area (Å²) in [5.41, 5.74) is 2.75. The van der Waals surface area contributed by atoms with Crippen LogP contribution in [-0.4, -0.2) is 70.6 Å². The summed E-state index contributed by atoms with van der Waals surface area (Å²) in [7, 11) is 2.28. The van der Waals surface area contributed by atoms with Gasteiger partial charge in [0.2, 0.25) is 5.16 Å². The molecule has 1 aliphatic rings. The lowest BCUT2D eigenvalue weighted by molar-refractivity contribution is -0.884. The van der Waals surface area contributed by atoms with E-state index < -0.39 is 0 Å². The molecule has 0 amide bonds. The second kappa shape index (κ2) is 7.04. The quantitative estimate of drug-likeness (QED) is 0.530. The maximum absolute atomic E-state index is 4.62. The Morgan fingerprint density at radius 1 is 1.21 bits per heavy atom. The number of quaternary nitrogens is 1. The van der Waals surface area contributed by atoms with Crippen molar-refractivity contribution < 1.29 is 4.90 Å². The molecule has 1 aromatic carbocycles. The summed E-state index contributed by atoms with van der Waals surface area (Å²) in [6, 6.07) is 8.12. The van der Waals surface area contributed by atoms with Crippen molar-refractivity contribution in [3.8, 4) is 0 Å². The molecule has 4 rings (SSSR count). The number of para-hydroxylation sites is 1. The van der Waals surface area contributed by atoms with E-state index in [1.54, 1.807) is 16.7 Å². The number of benzene rings is 1. The first-order valence-corrected chi connectivity index (χ1v) is 9.56. The Bertz CT molecular complexity index is 824. The molecule has 3 aromatic rings. The number of thioether (sulfide) groups is 1. The zero-order chi connectivity index (χ0) is 16.4. The number of nitrogens with one attached hydrogen (secondary N) is 2. The fourth-order valence-electron chi connectivity index (χ4n) is 3.18. The standard InChI is InChI=1S/C17H22N6S/c1-22-8-10-23(11-9-22)7-4-12-24-17-19-16-15(20-21-17)13-5-2-3-6-14(13)18-16/h2-3,5-6H,4,7-12H2,1H3,(H,18,19,21)/p+1. The predicted octanol–water partition coefficient (Wildman–Crippen LogP) is 0.819. The van der Waals surface area contributed by atoms with Gasteiger partial charge in [0.1, 0.15) is 5.52 Å². The van der Waals surface area contributed by atoms with Gasteiger partial charge in [0, 0.05) is 29.7 Å². The van der Waals surface area contributed by atoms with Gasteiger partial charge in [-0.3, -0.25) is 4.90 Å². The van der Waals surface area contributed by atoms with Gasteiger partial charge < -0.3 is 9.88 Å². The van der Waals surface area contributed by atoms with Crippen LogP contribution < -0.4 is 4.90 Å². The number of fused-ring (bicyclic) bond motifs is 3. The third-order valence-corrected chi connectivity index (χ3v) is 5.59. The van der Waals surface area contributed by atoms with Gasteiger partial charge in [0.05, 0.1) is 20.1 Å². The Kier molecular flexibility index (Phi) is 4.64. The topological polar surface area (TPSA) is 62.1 Å². The number of aromatic nitrogens is 4. The number of aromatic amines is 1. The van der Waals surface area contributed by atoms with Gasteiger partial charge in [-0.15, -0.1) is 10.2 Å². The van der Waals surface area contributed by atoms with Crippen molar-refractivity contribution in [3.05, 3.63) is 24.3 Å². The molecule has 0 atom stereocenters. The van der Waals surface area contributed by atoms with E-state index in [9.17, 15) is 0 Å². The Morgan fingerprint density at radius 2 is 2.04 bits per heavy atom. The summed E-state index contributed by atoms with van der Waals surface area (Å²) in [5.74, 6) is 1.03. The molecular weight excluding hydrogens is 320 g/mol. The molecule has 6 nitrogen and oxygen atoms in total. The molecule has 0 saturated carbocycles. The molecule has 7 heteroatoms. The molecule has 1 aliphatic heterocycles. The molecule has 24 heavy (non-hydrogen) atoms. The van der Waals surface area contributed by atoms with Crippen LogP contribution >= 0.6 is 11.8 Å². The van der Waals surface area contributed by atoms with Gasteiger partial charge in [0.15, 0.2) is 5.65 Å². The van der Waals surface area contributed by atoms with E-state index >= 15 is 0 Å². The van der Waals surface area contributed by atoms with Crippen LogP contribution in [0.15, 0.2) is 29.4 Å². The first-order valence-electron chi connectivity index (χ1n) is 8.57. The number of nitrogens with zero attached hydrogens (tertiary/aromatic N) is 4. The summed E-state index contributed by atoms with van der Waals surface area (Å²) in [6.45, 7) is 6.13. The lowest BCUT2D eigenvalue weighted by Gasteiger charge is -2.29. The molecule has 3 heterocycles. The normalized spacial score (nSPS) is 17.0. The molecule has 1 saturated heterocycles. The average molecular weight is 343 g/mol. The minimum atomic E-state index is 0.761. The smallest absolute Gasteiger partial charge is 0.211 e. The Hall–Kier alpha value is -1.70. The van der Waals surface area contributed by atoms with E-state index in [0.717, 1.165) is 39.4 Å². The number of H-pyrrole nitrogens is 1. The molecule has 0 spiro atoms. The number of hydrogen-bond donors (Lipinski definition) is 2. The minimum Gasteiger partial charge on any atom is -0.338 e. The van der Waals surface area contributed by atoms with Crippen molar-refractivity contribution >= 4 is 33.8 Å². The second-order valence-electron chi connectivity index (χ2n) is 6.46.